The first kappa shape index (κ1) is 17.1. The first-order chi connectivity index (χ1) is 11.9. The SMILES string of the molecule is CCC1CN(c2cc(F)c(F)c(OC)c2)Cc2cnc(C(=O)O)cc21. The third-order valence-corrected chi connectivity index (χ3v) is 4.54. The van der Waals surface area contributed by atoms with Crippen molar-refractivity contribution in [2.24, 2.45) is 0 Å². The number of anilines is 1. The van der Waals surface area contributed by atoms with Crippen molar-refractivity contribution in [3.05, 3.63) is 52.9 Å². The molecule has 0 aliphatic carbocycles. The molecule has 2 heterocycles. The fourth-order valence-electron chi connectivity index (χ4n) is 3.19. The summed E-state index contributed by atoms with van der Waals surface area (Å²) < 4.78 is 32.4. The molecular formula is C18H18F2N2O3. The number of aromatic carboxylic acids is 1. The van der Waals surface area contributed by atoms with Crippen LogP contribution in [0.3, 0.4) is 0 Å². The largest absolute Gasteiger partial charge is 0.493 e. The zero-order chi connectivity index (χ0) is 18.1. The first-order valence-corrected chi connectivity index (χ1v) is 7.94. The van der Waals surface area contributed by atoms with Gasteiger partial charge in [-0.1, -0.05) is 6.92 Å². The molecule has 1 aliphatic heterocycles. The van der Waals surface area contributed by atoms with E-state index in [4.69, 9.17) is 9.84 Å². The fraction of sp³-hybridized carbons (Fsp3) is 0.333. The number of fused-ring (bicyclic) bond motifs is 1. The molecular weight excluding hydrogens is 330 g/mol. The quantitative estimate of drug-likeness (QED) is 0.915. The third-order valence-electron chi connectivity index (χ3n) is 4.54. The molecule has 25 heavy (non-hydrogen) atoms. The molecule has 0 bridgehead atoms. The van der Waals surface area contributed by atoms with E-state index < -0.39 is 17.6 Å². The van der Waals surface area contributed by atoms with Crippen LogP contribution < -0.4 is 9.64 Å². The Labute approximate surface area is 143 Å². The van der Waals surface area contributed by atoms with E-state index in [2.05, 4.69) is 4.98 Å². The van der Waals surface area contributed by atoms with Crippen LogP contribution in [0.25, 0.3) is 0 Å². The van der Waals surface area contributed by atoms with Crippen molar-refractivity contribution in [1.29, 1.82) is 0 Å². The molecule has 0 radical (unpaired) electrons. The minimum atomic E-state index is -1.06. The van der Waals surface area contributed by atoms with Crippen LogP contribution >= 0.6 is 0 Å². The molecule has 1 aromatic heterocycles. The minimum absolute atomic E-state index is 0.0140. The molecule has 0 saturated heterocycles. The highest BCUT2D eigenvalue weighted by Gasteiger charge is 2.27. The van der Waals surface area contributed by atoms with E-state index >= 15 is 0 Å². The molecule has 132 valence electrons. The van der Waals surface area contributed by atoms with Crippen LogP contribution in [0.1, 0.15) is 40.9 Å². The lowest BCUT2D eigenvalue weighted by Gasteiger charge is -2.36. The highest BCUT2D eigenvalue weighted by molar-refractivity contribution is 5.85. The molecule has 1 atom stereocenters. The Morgan fingerprint density at radius 2 is 2.16 bits per heavy atom. The van der Waals surface area contributed by atoms with E-state index in [0.29, 0.717) is 18.8 Å². The molecule has 1 aliphatic rings. The highest BCUT2D eigenvalue weighted by atomic mass is 19.2. The van der Waals surface area contributed by atoms with E-state index in [1.807, 2.05) is 11.8 Å². The van der Waals surface area contributed by atoms with Crippen LogP contribution in [0, 0.1) is 11.6 Å². The predicted molar refractivity (Wildman–Crippen MR) is 88.2 cm³/mol. The molecule has 0 spiro atoms. The Bertz CT molecular complexity index is 826. The maximum atomic E-state index is 13.8. The number of rotatable bonds is 4. The van der Waals surface area contributed by atoms with Gasteiger partial charge in [-0.05, 0) is 23.6 Å². The number of carboxylic acids is 1. The average molecular weight is 348 g/mol. The Morgan fingerprint density at radius 1 is 1.40 bits per heavy atom. The van der Waals surface area contributed by atoms with Crippen molar-refractivity contribution in [3.63, 3.8) is 0 Å². The zero-order valence-electron chi connectivity index (χ0n) is 13.9. The van der Waals surface area contributed by atoms with Crippen molar-refractivity contribution in [2.75, 3.05) is 18.6 Å². The van der Waals surface area contributed by atoms with Crippen molar-refractivity contribution >= 4 is 11.7 Å². The van der Waals surface area contributed by atoms with Gasteiger partial charge in [0.2, 0.25) is 5.82 Å². The second-order valence-electron chi connectivity index (χ2n) is 6.00. The van der Waals surface area contributed by atoms with Crippen LogP contribution in [0.4, 0.5) is 14.5 Å². The normalized spacial score (nSPS) is 16.5. The van der Waals surface area contributed by atoms with Crippen LogP contribution in [0.5, 0.6) is 5.75 Å². The Hall–Kier alpha value is -2.70. The summed E-state index contributed by atoms with van der Waals surface area (Å²) >= 11 is 0. The van der Waals surface area contributed by atoms with E-state index in [-0.39, 0.29) is 17.4 Å². The number of aromatic nitrogens is 1. The average Bonchev–Trinajstić information content (AvgIpc) is 2.62. The van der Waals surface area contributed by atoms with E-state index in [1.54, 1.807) is 12.3 Å². The maximum absolute atomic E-state index is 13.8. The number of pyridine rings is 1. The molecule has 0 amide bonds. The van der Waals surface area contributed by atoms with Gasteiger partial charge in [0, 0.05) is 43.0 Å². The topological polar surface area (TPSA) is 62.7 Å². The standard InChI is InChI=1S/C18H18F2N2O3/c1-3-10-8-22(12-4-14(19)17(20)16(5-12)25-2)9-11-7-21-15(18(23)24)6-13(10)11/h4-7,10H,3,8-9H2,1-2H3,(H,23,24). The third kappa shape index (κ3) is 3.14. The molecule has 2 aromatic rings. The summed E-state index contributed by atoms with van der Waals surface area (Å²) in [6.07, 6.45) is 2.33. The van der Waals surface area contributed by atoms with Gasteiger partial charge in [-0.25, -0.2) is 14.2 Å². The van der Waals surface area contributed by atoms with Gasteiger partial charge in [-0.15, -0.1) is 0 Å². The van der Waals surface area contributed by atoms with Crippen molar-refractivity contribution in [2.45, 2.75) is 25.8 Å². The van der Waals surface area contributed by atoms with E-state index in [0.717, 1.165) is 23.6 Å². The number of ether oxygens (including phenoxy) is 1. The highest BCUT2D eigenvalue weighted by Crippen LogP contribution is 2.35. The molecule has 7 heteroatoms. The number of methoxy groups -OCH3 is 1. The van der Waals surface area contributed by atoms with Crippen molar-refractivity contribution in [3.8, 4) is 5.75 Å². The summed E-state index contributed by atoms with van der Waals surface area (Å²) in [7, 11) is 1.29. The fourth-order valence-corrected chi connectivity index (χ4v) is 3.19. The number of carboxylic acid groups (broad SMARTS) is 1. The summed E-state index contributed by atoms with van der Waals surface area (Å²) in [6, 6.07) is 4.22. The van der Waals surface area contributed by atoms with Crippen molar-refractivity contribution in [1.82, 2.24) is 4.98 Å². The van der Waals surface area contributed by atoms with Crippen LogP contribution in [0.2, 0.25) is 0 Å². The monoisotopic (exact) mass is 348 g/mol. The van der Waals surface area contributed by atoms with Gasteiger partial charge >= 0.3 is 5.97 Å². The summed E-state index contributed by atoms with van der Waals surface area (Å²) in [5.41, 5.74) is 2.36. The Morgan fingerprint density at radius 3 is 2.80 bits per heavy atom. The number of carbonyl (C=O) groups is 1. The lowest BCUT2D eigenvalue weighted by Crippen LogP contribution is -2.34. The van der Waals surface area contributed by atoms with Gasteiger partial charge in [-0.3, -0.25) is 0 Å². The lowest BCUT2D eigenvalue weighted by atomic mass is 9.88. The van der Waals surface area contributed by atoms with Gasteiger partial charge in [-0.2, -0.15) is 4.39 Å². The Kier molecular flexibility index (Phi) is 4.57. The van der Waals surface area contributed by atoms with E-state index in [1.165, 1.54) is 13.2 Å². The van der Waals surface area contributed by atoms with Gasteiger partial charge in [0.25, 0.3) is 0 Å². The van der Waals surface area contributed by atoms with Gasteiger partial charge < -0.3 is 14.7 Å². The first-order valence-electron chi connectivity index (χ1n) is 7.94. The number of halogens is 2. The van der Waals surface area contributed by atoms with Gasteiger partial charge in [0.15, 0.2) is 11.6 Å². The number of benzene rings is 1. The van der Waals surface area contributed by atoms with Crippen LogP contribution in [-0.4, -0.2) is 29.7 Å². The molecule has 1 aromatic carbocycles. The number of hydrogen-bond acceptors (Lipinski definition) is 4. The molecule has 0 fully saturated rings. The van der Waals surface area contributed by atoms with E-state index in [9.17, 15) is 13.6 Å². The van der Waals surface area contributed by atoms with Crippen LogP contribution in [-0.2, 0) is 6.54 Å². The second-order valence-corrected chi connectivity index (χ2v) is 6.00. The molecule has 1 unspecified atom stereocenters. The minimum Gasteiger partial charge on any atom is -0.493 e. The summed E-state index contributed by atoms with van der Waals surface area (Å²) in [6.45, 7) is 3.01. The summed E-state index contributed by atoms with van der Waals surface area (Å²) in [5, 5.41) is 9.13. The maximum Gasteiger partial charge on any atom is 0.354 e. The zero-order valence-corrected chi connectivity index (χ0v) is 13.9. The van der Waals surface area contributed by atoms with Crippen molar-refractivity contribution < 1.29 is 23.4 Å². The molecule has 5 nitrogen and oxygen atoms in total. The number of hydrogen-bond donors (Lipinski definition) is 1. The number of nitrogens with zero attached hydrogens (tertiary/aromatic N) is 2. The lowest BCUT2D eigenvalue weighted by molar-refractivity contribution is 0.0690. The molecule has 3 rings (SSSR count). The second kappa shape index (κ2) is 6.66. The predicted octanol–water partition coefficient (Wildman–Crippen LogP) is 3.58. The smallest absolute Gasteiger partial charge is 0.354 e. The summed E-state index contributed by atoms with van der Waals surface area (Å²) in [4.78, 5) is 17.0. The molecule has 0 saturated carbocycles. The molecule has 1 N–H and O–H groups in total. The van der Waals surface area contributed by atoms with Gasteiger partial charge in [0.1, 0.15) is 5.69 Å². The Balaban J connectivity index is 1.99. The van der Waals surface area contributed by atoms with Crippen LogP contribution in [0.15, 0.2) is 24.4 Å². The van der Waals surface area contributed by atoms with Gasteiger partial charge in [0.05, 0.1) is 7.11 Å². The summed E-state index contributed by atoms with van der Waals surface area (Å²) in [5.74, 6) is -3.11.